The Bertz CT molecular complexity index is 1380. The maximum absolute atomic E-state index is 5.90. The van der Waals surface area contributed by atoms with Crippen molar-refractivity contribution in [3.8, 4) is 28.6 Å². The molecule has 0 atom stereocenters. The Balaban J connectivity index is 1.36. The maximum Gasteiger partial charge on any atom is 0.247 e. The van der Waals surface area contributed by atoms with Crippen molar-refractivity contribution in [1.29, 1.82) is 0 Å². The van der Waals surface area contributed by atoms with Crippen LogP contribution in [0.25, 0.3) is 22.8 Å². The van der Waals surface area contributed by atoms with E-state index in [9.17, 15) is 0 Å². The molecule has 35 heavy (non-hydrogen) atoms. The van der Waals surface area contributed by atoms with E-state index in [1.165, 1.54) is 22.9 Å². The summed E-state index contributed by atoms with van der Waals surface area (Å²) in [5.74, 6) is 3.20. The molecule has 0 amide bonds. The van der Waals surface area contributed by atoms with Crippen molar-refractivity contribution in [2.24, 2.45) is 0 Å². The molecule has 7 nitrogen and oxygen atoms in total. The molecule has 0 aliphatic heterocycles. The third-order valence-corrected chi connectivity index (χ3v) is 6.57. The summed E-state index contributed by atoms with van der Waals surface area (Å²) < 4.78 is 13.4. The molecule has 8 heteroatoms. The van der Waals surface area contributed by atoms with Crippen LogP contribution in [0.1, 0.15) is 17.0 Å². The third kappa shape index (κ3) is 5.44. The summed E-state index contributed by atoms with van der Waals surface area (Å²) in [6.45, 7) is 2.80. The number of ether oxygens (including phenoxy) is 1. The van der Waals surface area contributed by atoms with Gasteiger partial charge in [-0.1, -0.05) is 59.8 Å². The second-order valence-electron chi connectivity index (χ2n) is 8.08. The van der Waals surface area contributed by atoms with E-state index >= 15 is 0 Å². The topological polar surface area (TPSA) is 78.9 Å². The van der Waals surface area contributed by atoms with Crippen LogP contribution in [0.15, 0.2) is 88.4 Å². The summed E-state index contributed by atoms with van der Waals surface area (Å²) in [5.41, 5.74) is 4.34. The first kappa shape index (κ1) is 22.9. The van der Waals surface area contributed by atoms with Crippen LogP contribution in [0.5, 0.6) is 5.75 Å². The first-order valence-electron chi connectivity index (χ1n) is 11.3. The fourth-order valence-electron chi connectivity index (χ4n) is 3.69. The fourth-order valence-corrected chi connectivity index (χ4v) is 4.49. The summed E-state index contributed by atoms with van der Waals surface area (Å²) in [5, 5.41) is 18.3. The molecule has 0 fully saturated rings. The van der Waals surface area contributed by atoms with Gasteiger partial charge in [0.05, 0.1) is 12.9 Å². The molecule has 0 aliphatic rings. The Kier molecular flexibility index (Phi) is 6.90. The van der Waals surface area contributed by atoms with Gasteiger partial charge in [-0.3, -0.25) is 0 Å². The highest BCUT2D eigenvalue weighted by molar-refractivity contribution is 7.98. The lowest BCUT2D eigenvalue weighted by Crippen LogP contribution is -2.05. The highest BCUT2D eigenvalue weighted by atomic mass is 32.2. The predicted octanol–water partition coefficient (Wildman–Crippen LogP) is 5.85. The van der Waals surface area contributed by atoms with Crippen molar-refractivity contribution < 1.29 is 9.15 Å². The molecule has 0 aliphatic carbocycles. The van der Waals surface area contributed by atoms with Gasteiger partial charge in [0.25, 0.3) is 0 Å². The average molecular weight is 484 g/mol. The van der Waals surface area contributed by atoms with Crippen LogP contribution in [0.4, 0.5) is 0 Å². The number of hydrogen-bond donors (Lipinski definition) is 0. The van der Waals surface area contributed by atoms with Gasteiger partial charge in [-0.25, -0.2) is 0 Å². The van der Waals surface area contributed by atoms with E-state index in [1.807, 2.05) is 61.5 Å². The molecular formula is C27H25N5O2S. The first-order chi connectivity index (χ1) is 17.2. The molecule has 176 valence electrons. The highest BCUT2D eigenvalue weighted by Crippen LogP contribution is 2.28. The number of nitrogens with zero attached hydrogens (tertiary/aromatic N) is 5. The minimum atomic E-state index is 0.505. The van der Waals surface area contributed by atoms with Gasteiger partial charge in [0.15, 0.2) is 11.0 Å². The summed E-state index contributed by atoms with van der Waals surface area (Å²) in [4.78, 5) is 0. The third-order valence-electron chi connectivity index (χ3n) is 5.62. The van der Waals surface area contributed by atoms with Crippen LogP contribution in [0.2, 0.25) is 0 Å². The van der Waals surface area contributed by atoms with Crippen molar-refractivity contribution in [1.82, 2.24) is 25.0 Å². The predicted molar refractivity (Wildman–Crippen MR) is 136 cm³/mol. The SMILES string of the molecule is COc1ccc(-c2nnc(SCc3nnc(-c4ccc(C)cc4)o3)n2CCc2ccccc2)cc1. The van der Waals surface area contributed by atoms with Crippen LogP contribution in [0.3, 0.4) is 0 Å². The molecule has 0 N–H and O–H groups in total. The molecule has 0 spiro atoms. The number of methoxy groups -OCH3 is 1. The van der Waals surface area contributed by atoms with E-state index in [0.717, 1.165) is 40.8 Å². The smallest absolute Gasteiger partial charge is 0.247 e. The van der Waals surface area contributed by atoms with E-state index in [0.29, 0.717) is 17.5 Å². The Morgan fingerprint density at radius 2 is 1.57 bits per heavy atom. The zero-order valence-corrected chi connectivity index (χ0v) is 20.4. The van der Waals surface area contributed by atoms with Crippen molar-refractivity contribution in [3.63, 3.8) is 0 Å². The second-order valence-corrected chi connectivity index (χ2v) is 9.02. The molecule has 5 aromatic rings. The van der Waals surface area contributed by atoms with E-state index < -0.39 is 0 Å². The second kappa shape index (κ2) is 10.6. The summed E-state index contributed by atoms with van der Waals surface area (Å²) in [7, 11) is 1.66. The minimum absolute atomic E-state index is 0.505. The monoisotopic (exact) mass is 483 g/mol. The minimum Gasteiger partial charge on any atom is -0.497 e. The van der Waals surface area contributed by atoms with Crippen molar-refractivity contribution in [3.05, 3.63) is 95.9 Å². The first-order valence-corrected chi connectivity index (χ1v) is 12.3. The van der Waals surface area contributed by atoms with Gasteiger partial charge < -0.3 is 13.7 Å². The van der Waals surface area contributed by atoms with Gasteiger partial charge in [-0.05, 0) is 55.3 Å². The molecule has 2 aromatic heterocycles. The van der Waals surface area contributed by atoms with Gasteiger partial charge in [-0.2, -0.15) is 0 Å². The normalized spacial score (nSPS) is 11.0. The average Bonchev–Trinajstić information content (AvgIpc) is 3.54. The zero-order chi connectivity index (χ0) is 24.0. The number of aryl methyl sites for hydroxylation is 2. The highest BCUT2D eigenvalue weighted by Gasteiger charge is 2.17. The van der Waals surface area contributed by atoms with Crippen LogP contribution in [-0.2, 0) is 18.7 Å². The number of aromatic nitrogens is 5. The van der Waals surface area contributed by atoms with Gasteiger partial charge in [0, 0.05) is 17.7 Å². The van der Waals surface area contributed by atoms with Gasteiger partial charge >= 0.3 is 0 Å². The van der Waals surface area contributed by atoms with Crippen LogP contribution < -0.4 is 4.74 Å². The summed E-state index contributed by atoms with van der Waals surface area (Å²) in [6.07, 6.45) is 0.869. The number of benzene rings is 3. The molecule has 5 rings (SSSR count). The van der Waals surface area contributed by atoms with Crippen molar-refractivity contribution in [2.45, 2.75) is 30.8 Å². The Labute approximate surface area is 208 Å². The number of thioether (sulfide) groups is 1. The Morgan fingerprint density at radius 1 is 0.829 bits per heavy atom. The van der Waals surface area contributed by atoms with Crippen LogP contribution in [0, 0.1) is 6.92 Å². The van der Waals surface area contributed by atoms with Crippen molar-refractivity contribution in [2.75, 3.05) is 7.11 Å². The van der Waals surface area contributed by atoms with Gasteiger partial charge in [0.1, 0.15) is 5.75 Å². The molecule has 0 radical (unpaired) electrons. The maximum atomic E-state index is 5.90. The molecule has 0 saturated carbocycles. The van der Waals surface area contributed by atoms with Crippen LogP contribution in [-0.4, -0.2) is 32.1 Å². The summed E-state index contributed by atoms with van der Waals surface area (Å²) >= 11 is 1.54. The van der Waals surface area contributed by atoms with E-state index in [2.05, 4.69) is 49.2 Å². The lowest BCUT2D eigenvalue weighted by atomic mass is 10.1. The molecular weight excluding hydrogens is 458 g/mol. The molecule has 0 bridgehead atoms. The standard InChI is InChI=1S/C27H25N5O2S/c1-19-8-10-22(11-9-19)26-30-28-24(34-26)18-35-27-31-29-25(21-12-14-23(33-2)15-13-21)32(27)17-16-20-6-4-3-5-7-20/h3-15H,16-18H2,1-2H3. The number of rotatable bonds is 9. The zero-order valence-electron chi connectivity index (χ0n) is 19.6. The number of hydrogen-bond acceptors (Lipinski definition) is 7. The van der Waals surface area contributed by atoms with Gasteiger partial charge in [-0.15, -0.1) is 20.4 Å². The van der Waals surface area contributed by atoms with E-state index in [4.69, 9.17) is 9.15 Å². The molecule has 3 aromatic carbocycles. The summed E-state index contributed by atoms with van der Waals surface area (Å²) in [6, 6.07) is 26.3. The van der Waals surface area contributed by atoms with Gasteiger partial charge in [0.2, 0.25) is 11.8 Å². The van der Waals surface area contributed by atoms with Crippen LogP contribution >= 0.6 is 11.8 Å². The lowest BCUT2D eigenvalue weighted by molar-refractivity contribution is 0.415. The van der Waals surface area contributed by atoms with Crippen molar-refractivity contribution >= 4 is 11.8 Å². The Hall–Kier alpha value is -3.91. The lowest BCUT2D eigenvalue weighted by Gasteiger charge is -2.10. The molecule has 2 heterocycles. The van der Waals surface area contributed by atoms with E-state index in [-0.39, 0.29) is 0 Å². The molecule has 0 saturated heterocycles. The van der Waals surface area contributed by atoms with E-state index in [1.54, 1.807) is 7.11 Å². The fraction of sp³-hybridized carbons (Fsp3) is 0.185. The quantitative estimate of drug-likeness (QED) is 0.243. The Morgan fingerprint density at radius 3 is 2.31 bits per heavy atom. The largest absolute Gasteiger partial charge is 0.497 e. The molecule has 0 unspecified atom stereocenters.